The highest BCUT2D eigenvalue weighted by Gasteiger charge is 2.20. The highest BCUT2D eigenvalue weighted by molar-refractivity contribution is 7.09. The van der Waals surface area contributed by atoms with Crippen LogP contribution in [0, 0.1) is 6.92 Å². The van der Waals surface area contributed by atoms with Gasteiger partial charge in [-0.05, 0) is 31.2 Å². The number of hydrogen-bond donors (Lipinski definition) is 1. The van der Waals surface area contributed by atoms with Gasteiger partial charge in [-0.25, -0.2) is 4.98 Å². The molecule has 156 valence electrons. The van der Waals surface area contributed by atoms with E-state index in [1.165, 1.54) is 5.69 Å². The van der Waals surface area contributed by atoms with Crippen LogP contribution in [0.3, 0.4) is 0 Å². The van der Waals surface area contributed by atoms with Gasteiger partial charge < -0.3 is 15.0 Å². The van der Waals surface area contributed by atoms with Gasteiger partial charge in [-0.15, -0.1) is 11.3 Å². The molecule has 0 aliphatic carbocycles. The van der Waals surface area contributed by atoms with Crippen molar-refractivity contribution in [1.29, 1.82) is 0 Å². The van der Waals surface area contributed by atoms with Crippen LogP contribution in [0.25, 0.3) is 0 Å². The van der Waals surface area contributed by atoms with Crippen LogP contribution >= 0.6 is 11.3 Å². The van der Waals surface area contributed by atoms with E-state index in [2.05, 4.69) is 42.5 Å². The minimum Gasteiger partial charge on any atom is -0.378 e. The van der Waals surface area contributed by atoms with E-state index in [1.54, 1.807) is 11.3 Å². The SMILES string of the molecule is Cc1nc(CN2CCN(CC(=O)Nc3ccc(N4CCOCC4)cc3)CC2)cs1. The summed E-state index contributed by atoms with van der Waals surface area (Å²) in [4.78, 5) is 23.9. The molecule has 29 heavy (non-hydrogen) atoms. The maximum absolute atomic E-state index is 12.4. The number of ether oxygens (including phenoxy) is 1. The van der Waals surface area contributed by atoms with Crippen LogP contribution in [0.15, 0.2) is 29.6 Å². The number of morpholine rings is 1. The van der Waals surface area contributed by atoms with Crippen LogP contribution in [0.2, 0.25) is 0 Å². The number of carbonyl (C=O) groups excluding carboxylic acids is 1. The molecule has 1 N–H and O–H groups in total. The zero-order chi connectivity index (χ0) is 20.1. The van der Waals surface area contributed by atoms with Crippen molar-refractivity contribution in [2.45, 2.75) is 13.5 Å². The first-order chi connectivity index (χ1) is 14.2. The number of amides is 1. The number of anilines is 2. The average Bonchev–Trinajstić information content (AvgIpc) is 3.15. The van der Waals surface area contributed by atoms with Crippen molar-refractivity contribution in [1.82, 2.24) is 14.8 Å². The molecular formula is C21H29N5O2S. The van der Waals surface area contributed by atoms with Gasteiger partial charge in [0.15, 0.2) is 0 Å². The molecule has 2 aliphatic heterocycles. The molecule has 0 radical (unpaired) electrons. The Kier molecular flexibility index (Phi) is 6.76. The van der Waals surface area contributed by atoms with Gasteiger partial charge in [0, 0.05) is 62.6 Å². The molecule has 0 saturated carbocycles. The Labute approximate surface area is 176 Å². The van der Waals surface area contributed by atoms with Crippen LogP contribution < -0.4 is 10.2 Å². The third-order valence-corrected chi connectivity index (χ3v) is 6.23. The number of nitrogens with one attached hydrogen (secondary N) is 1. The fraction of sp³-hybridized carbons (Fsp3) is 0.524. The lowest BCUT2D eigenvalue weighted by Gasteiger charge is -2.33. The first kappa shape index (κ1) is 20.3. The van der Waals surface area contributed by atoms with E-state index in [4.69, 9.17) is 4.74 Å². The molecule has 2 fully saturated rings. The van der Waals surface area contributed by atoms with Gasteiger partial charge >= 0.3 is 0 Å². The Morgan fingerprint density at radius 2 is 1.76 bits per heavy atom. The van der Waals surface area contributed by atoms with E-state index >= 15 is 0 Å². The smallest absolute Gasteiger partial charge is 0.238 e. The van der Waals surface area contributed by atoms with E-state index in [0.29, 0.717) is 6.54 Å². The Bertz CT molecular complexity index is 796. The molecule has 2 saturated heterocycles. The van der Waals surface area contributed by atoms with Gasteiger partial charge in [-0.2, -0.15) is 0 Å². The van der Waals surface area contributed by atoms with Crippen molar-refractivity contribution in [3.05, 3.63) is 40.3 Å². The predicted octanol–water partition coefficient (Wildman–Crippen LogP) is 2.04. The molecule has 3 heterocycles. The molecule has 4 rings (SSSR count). The summed E-state index contributed by atoms with van der Waals surface area (Å²) in [6.45, 7) is 10.5. The Morgan fingerprint density at radius 3 is 2.41 bits per heavy atom. The number of thiazole rings is 1. The van der Waals surface area contributed by atoms with Gasteiger partial charge in [0.2, 0.25) is 5.91 Å². The molecule has 1 aromatic heterocycles. The van der Waals surface area contributed by atoms with Crippen LogP contribution in [-0.4, -0.2) is 79.7 Å². The van der Waals surface area contributed by atoms with Crippen molar-refractivity contribution in [2.75, 3.05) is 69.2 Å². The number of aryl methyl sites for hydroxylation is 1. The number of nitrogens with zero attached hydrogens (tertiary/aromatic N) is 4. The fourth-order valence-corrected chi connectivity index (χ4v) is 4.40. The van der Waals surface area contributed by atoms with Gasteiger partial charge in [-0.1, -0.05) is 0 Å². The maximum atomic E-state index is 12.4. The van der Waals surface area contributed by atoms with Crippen molar-refractivity contribution in [3.8, 4) is 0 Å². The van der Waals surface area contributed by atoms with Crippen molar-refractivity contribution < 1.29 is 9.53 Å². The molecule has 0 atom stereocenters. The van der Waals surface area contributed by atoms with E-state index in [1.807, 2.05) is 19.1 Å². The lowest BCUT2D eigenvalue weighted by molar-refractivity contribution is -0.117. The van der Waals surface area contributed by atoms with Gasteiger partial charge in [0.25, 0.3) is 0 Å². The number of carbonyl (C=O) groups is 1. The summed E-state index contributed by atoms with van der Waals surface area (Å²) in [6.07, 6.45) is 0. The highest BCUT2D eigenvalue weighted by atomic mass is 32.1. The summed E-state index contributed by atoms with van der Waals surface area (Å²) in [5.74, 6) is 0.0488. The molecule has 0 spiro atoms. The molecular weight excluding hydrogens is 386 g/mol. The lowest BCUT2D eigenvalue weighted by atomic mass is 10.2. The Hall–Kier alpha value is -2.00. The fourth-order valence-electron chi connectivity index (χ4n) is 3.80. The topological polar surface area (TPSA) is 60.9 Å². The van der Waals surface area contributed by atoms with Crippen molar-refractivity contribution in [3.63, 3.8) is 0 Å². The quantitative estimate of drug-likeness (QED) is 0.779. The third kappa shape index (κ3) is 5.76. The normalized spacial score (nSPS) is 18.7. The maximum Gasteiger partial charge on any atom is 0.238 e. The van der Waals surface area contributed by atoms with E-state index in [0.717, 1.165) is 75.4 Å². The van der Waals surface area contributed by atoms with Gasteiger partial charge in [0.05, 0.1) is 30.5 Å². The van der Waals surface area contributed by atoms with Crippen molar-refractivity contribution in [2.24, 2.45) is 0 Å². The lowest BCUT2D eigenvalue weighted by Crippen LogP contribution is -2.48. The number of benzene rings is 1. The van der Waals surface area contributed by atoms with Crippen LogP contribution in [-0.2, 0) is 16.1 Å². The summed E-state index contributed by atoms with van der Waals surface area (Å²) in [7, 11) is 0. The minimum atomic E-state index is 0.0488. The van der Waals surface area contributed by atoms with E-state index in [-0.39, 0.29) is 5.91 Å². The molecule has 8 heteroatoms. The number of rotatable bonds is 6. The molecule has 7 nitrogen and oxygen atoms in total. The summed E-state index contributed by atoms with van der Waals surface area (Å²) in [5, 5.41) is 6.28. The predicted molar refractivity (Wildman–Crippen MR) is 117 cm³/mol. The minimum absolute atomic E-state index is 0.0488. The van der Waals surface area contributed by atoms with Crippen molar-refractivity contribution >= 4 is 28.6 Å². The highest BCUT2D eigenvalue weighted by Crippen LogP contribution is 2.19. The molecule has 1 aromatic carbocycles. The summed E-state index contributed by atoms with van der Waals surface area (Å²) in [6, 6.07) is 8.10. The zero-order valence-electron chi connectivity index (χ0n) is 17.0. The standard InChI is InChI=1S/C21H29N5O2S/c1-17-22-19(16-29-17)14-24-6-8-25(9-7-24)15-21(27)23-18-2-4-20(5-3-18)26-10-12-28-13-11-26/h2-5,16H,6-15H2,1H3,(H,23,27). The Balaban J connectivity index is 1.20. The largest absolute Gasteiger partial charge is 0.378 e. The average molecular weight is 416 g/mol. The van der Waals surface area contributed by atoms with Gasteiger partial charge in [0.1, 0.15) is 0 Å². The number of aromatic nitrogens is 1. The molecule has 1 amide bonds. The molecule has 0 bridgehead atoms. The third-order valence-electron chi connectivity index (χ3n) is 5.41. The number of piperazine rings is 1. The zero-order valence-corrected chi connectivity index (χ0v) is 17.8. The Morgan fingerprint density at radius 1 is 1.07 bits per heavy atom. The first-order valence-corrected chi connectivity index (χ1v) is 11.1. The monoisotopic (exact) mass is 415 g/mol. The van der Waals surface area contributed by atoms with Gasteiger partial charge in [-0.3, -0.25) is 14.6 Å². The summed E-state index contributed by atoms with van der Waals surface area (Å²) >= 11 is 1.70. The second-order valence-electron chi connectivity index (χ2n) is 7.60. The summed E-state index contributed by atoms with van der Waals surface area (Å²) in [5.41, 5.74) is 3.18. The molecule has 2 aliphatic rings. The van der Waals surface area contributed by atoms with E-state index in [9.17, 15) is 4.79 Å². The molecule has 0 unspecified atom stereocenters. The van der Waals surface area contributed by atoms with Crippen LogP contribution in [0.4, 0.5) is 11.4 Å². The number of hydrogen-bond acceptors (Lipinski definition) is 7. The van der Waals surface area contributed by atoms with E-state index < -0.39 is 0 Å². The second kappa shape index (κ2) is 9.67. The molecule has 2 aromatic rings. The first-order valence-electron chi connectivity index (χ1n) is 10.2. The second-order valence-corrected chi connectivity index (χ2v) is 8.67. The summed E-state index contributed by atoms with van der Waals surface area (Å²) < 4.78 is 5.40. The van der Waals surface area contributed by atoms with Crippen LogP contribution in [0.1, 0.15) is 10.7 Å². The van der Waals surface area contributed by atoms with Crippen LogP contribution in [0.5, 0.6) is 0 Å².